The first-order chi connectivity index (χ1) is 7.27. The summed E-state index contributed by atoms with van der Waals surface area (Å²) in [6, 6.07) is -0.0146. The average molecular weight is 207 g/mol. The van der Waals surface area contributed by atoms with Gasteiger partial charge in [-0.05, 0) is 12.8 Å². The van der Waals surface area contributed by atoms with Gasteiger partial charge in [-0.2, -0.15) is 0 Å². The molecule has 0 unspecified atom stereocenters. The van der Waals surface area contributed by atoms with Gasteiger partial charge in [0.25, 0.3) is 0 Å². The van der Waals surface area contributed by atoms with E-state index in [-0.39, 0.29) is 12.0 Å². The molecule has 1 heterocycles. The maximum absolute atomic E-state index is 10.9. The highest BCUT2D eigenvalue weighted by Gasteiger charge is 2.32. The Morgan fingerprint density at radius 1 is 1.47 bits per heavy atom. The standard InChI is InChI=1S/C10H13N3O2/c14-10(15)7-2-1-3-8(7)13-9-6-11-4-5-12-9/h4-8H,1-3H2,(H,12,13)(H,14,15)/t7-,8+/m1/s1. The van der Waals surface area contributed by atoms with Crippen LogP contribution in [-0.2, 0) is 4.79 Å². The van der Waals surface area contributed by atoms with Gasteiger partial charge in [0.2, 0.25) is 0 Å². The maximum atomic E-state index is 10.9. The lowest BCUT2D eigenvalue weighted by Gasteiger charge is -2.17. The third-order valence-corrected chi connectivity index (χ3v) is 2.73. The molecular formula is C10H13N3O2. The number of aromatic nitrogens is 2. The summed E-state index contributed by atoms with van der Waals surface area (Å²) < 4.78 is 0. The van der Waals surface area contributed by atoms with E-state index in [0.717, 1.165) is 19.3 Å². The van der Waals surface area contributed by atoms with Gasteiger partial charge in [-0.1, -0.05) is 6.42 Å². The lowest BCUT2D eigenvalue weighted by molar-refractivity contribution is -0.141. The van der Waals surface area contributed by atoms with E-state index >= 15 is 0 Å². The van der Waals surface area contributed by atoms with Gasteiger partial charge in [0.15, 0.2) is 0 Å². The fourth-order valence-corrected chi connectivity index (χ4v) is 1.99. The van der Waals surface area contributed by atoms with Gasteiger partial charge in [-0.25, -0.2) is 4.98 Å². The van der Waals surface area contributed by atoms with Crippen LogP contribution in [0.2, 0.25) is 0 Å². The first kappa shape index (κ1) is 9.89. The van der Waals surface area contributed by atoms with Crippen LogP contribution in [0.5, 0.6) is 0 Å². The van der Waals surface area contributed by atoms with Crippen molar-refractivity contribution in [1.29, 1.82) is 0 Å². The van der Waals surface area contributed by atoms with E-state index in [1.54, 1.807) is 18.6 Å². The lowest BCUT2D eigenvalue weighted by Crippen LogP contribution is -2.30. The summed E-state index contributed by atoms with van der Waals surface area (Å²) in [6.07, 6.45) is 7.37. The van der Waals surface area contributed by atoms with Gasteiger partial charge in [-0.15, -0.1) is 0 Å². The fraction of sp³-hybridized carbons (Fsp3) is 0.500. The van der Waals surface area contributed by atoms with E-state index in [1.807, 2.05) is 0 Å². The van der Waals surface area contributed by atoms with Crippen LogP contribution in [0.15, 0.2) is 18.6 Å². The Bertz CT molecular complexity index is 342. The number of hydrogen-bond donors (Lipinski definition) is 2. The minimum Gasteiger partial charge on any atom is -0.481 e. The molecule has 1 aliphatic rings. The zero-order valence-corrected chi connectivity index (χ0v) is 8.26. The summed E-state index contributed by atoms with van der Waals surface area (Å²) in [5.41, 5.74) is 0. The summed E-state index contributed by atoms with van der Waals surface area (Å²) >= 11 is 0. The third-order valence-electron chi connectivity index (χ3n) is 2.73. The number of nitrogens with one attached hydrogen (secondary N) is 1. The summed E-state index contributed by atoms with van der Waals surface area (Å²) in [4.78, 5) is 18.9. The number of anilines is 1. The minimum atomic E-state index is -0.728. The SMILES string of the molecule is O=C(O)[C@@H]1CCC[C@@H]1Nc1cnccn1. The molecule has 2 rings (SSSR count). The quantitative estimate of drug-likeness (QED) is 0.777. The van der Waals surface area contributed by atoms with Crippen LogP contribution >= 0.6 is 0 Å². The number of rotatable bonds is 3. The number of carboxylic acids is 1. The first-order valence-corrected chi connectivity index (χ1v) is 5.03. The number of carboxylic acid groups (broad SMARTS) is 1. The molecule has 1 aromatic rings. The molecule has 0 radical (unpaired) electrons. The van der Waals surface area contributed by atoms with Crippen molar-refractivity contribution < 1.29 is 9.90 Å². The van der Waals surface area contributed by atoms with E-state index in [1.165, 1.54) is 0 Å². The van der Waals surface area contributed by atoms with E-state index in [9.17, 15) is 4.79 Å². The number of hydrogen-bond acceptors (Lipinski definition) is 4. The van der Waals surface area contributed by atoms with Gasteiger partial charge in [0, 0.05) is 18.4 Å². The van der Waals surface area contributed by atoms with Crippen molar-refractivity contribution in [2.45, 2.75) is 25.3 Å². The zero-order valence-electron chi connectivity index (χ0n) is 8.26. The average Bonchev–Trinajstić information content (AvgIpc) is 2.67. The van der Waals surface area contributed by atoms with Crippen LogP contribution < -0.4 is 5.32 Å². The molecule has 0 amide bonds. The Morgan fingerprint density at radius 3 is 3.00 bits per heavy atom. The Labute approximate surface area is 87.6 Å². The normalized spacial score (nSPS) is 25.1. The molecule has 2 atom stereocenters. The highest BCUT2D eigenvalue weighted by Crippen LogP contribution is 2.27. The van der Waals surface area contributed by atoms with Crippen molar-refractivity contribution in [1.82, 2.24) is 9.97 Å². The molecule has 5 heteroatoms. The Balaban J connectivity index is 2.03. The highest BCUT2D eigenvalue weighted by molar-refractivity contribution is 5.72. The molecule has 1 fully saturated rings. The van der Waals surface area contributed by atoms with Crippen LogP contribution in [0.3, 0.4) is 0 Å². The van der Waals surface area contributed by atoms with Crippen molar-refractivity contribution in [2.24, 2.45) is 5.92 Å². The van der Waals surface area contributed by atoms with Gasteiger partial charge >= 0.3 is 5.97 Å². The van der Waals surface area contributed by atoms with E-state index in [4.69, 9.17) is 5.11 Å². The van der Waals surface area contributed by atoms with E-state index in [0.29, 0.717) is 5.82 Å². The van der Waals surface area contributed by atoms with Gasteiger partial charge in [0.05, 0.1) is 12.1 Å². The first-order valence-electron chi connectivity index (χ1n) is 5.03. The second-order valence-electron chi connectivity index (χ2n) is 3.72. The highest BCUT2D eigenvalue weighted by atomic mass is 16.4. The Morgan fingerprint density at radius 2 is 2.33 bits per heavy atom. The van der Waals surface area contributed by atoms with Crippen molar-refractivity contribution in [3.8, 4) is 0 Å². The van der Waals surface area contributed by atoms with Crippen molar-refractivity contribution in [3.63, 3.8) is 0 Å². The second-order valence-corrected chi connectivity index (χ2v) is 3.72. The maximum Gasteiger partial charge on any atom is 0.308 e. The van der Waals surface area contributed by atoms with Crippen molar-refractivity contribution >= 4 is 11.8 Å². The number of carbonyl (C=O) groups is 1. The second kappa shape index (κ2) is 4.25. The van der Waals surface area contributed by atoms with E-state index < -0.39 is 5.97 Å². The topological polar surface area (TPSA) is 75.1 Å². The molecule has 1 aliphatic carbocycles. The van der Waals surface area contributed by atoms with Crippen LogP contribution in [0.1, 0.15) is 19.3 Å². The Hall–Kier alpha value is -1.65. The summed E-state index contributed by atoms with van der Waals surface area (Å²) in [5.74, 6) is -0.378. The number of aliphatic carboxylic acids is 1. The summed E-state index contributed by atoms with van der Waals surface area (Å²) in [7, 11) is 0. The van der Waals surface area contributed by atoms with Crippen LogP contribution in [0.4, 0.5) is 5.82 Å². The van der Waals surface area contributed by atoms with Gasteiger partial charge in [-0.3, -0.25) is 9.78 Å². The zero-order chi connectivity index (χ0) is 10.7. The van der Waals surface area contributed by atoms with Crippen LogP contribution in [0.25, 0.3) is 0 Å². The molecule has 15 heavy (non-hydrogen) atoms. The molecular weight excluding hydrogens is 194 g/mol. The minimum absolute atomic E-state index is 0.0146. The van der Waals surface area contributed by atoms with Crippen LogP contribution in [-0.4, -0.2) is 27.1 Å². The monoisotopic (exact) mass is 207 g/mol. The molecule has 2 N–H and O–H groups in total. The smallest absolute Gasteiger partial charge is 0.308 e. The summed E-state index contributed by atoms with van der Waals surface area (Å²) in [6.45, 7) is 0. The summed E-state index contributed by atoms with van der Waals surface area (Å²) in [5, 5.41) is 12.1. The largest absolute Gasteiger partial charge is 0.481 e. The third kappa shape index (κ3) is 2.23. The van der Waals surface area contributed by atoms with Gasteiger partial charge < -0.3 is 10.4 Å². The fourth-order valence-electron chi connectivity index (χ4n) is 1.99. The van der Waals surface area contributed by atoms with E-state index in [2.05, 4.69) is 15.3 Å². The molecule has 0 spiro atoms. The molecule has 0 saturated heterocycles. The molecule has 0 aliphatic heterocycles. The van der Waals surface area contributed by atoms with Crippen molar-refractivity contribution in [2.75, 3.05) is 5.32 Å². The van der Waals surface area contributed by atoms with Crippen LogP contribution in [0, 0.1) is 5.92 Å². The predicted molar refractivity (Wildman–Crippen MR) is 54.4 cm³/mol. The van der Waals surface area contributed by atoms with Gasteiger partial charge in [0.1, 0.15) is 5.82 Å². The molecule has 0 bridgehead atoms. The predicted octanol–water partition coefficient (Wildman–Crippen LogP) is 1.14. The Kier molecular flexibility index (Phi) is 2.80. The van der Waals surface area contributed by atoms with Crippen molar-refractivity contribution in [3.05, 3.63) is 18.6 Å². The molecule has 1 saturated carbocycles. The molecule has 0 aromatic carbocycles. The number of nitrogens with zero attached hydrogens (tertiary/aromatic N) is 2. The lowest BCUT2D eigenvalue weighted by atomic mass is 10.0. The molecule has 1 aromatic heterocycles. The molecule has 5 nitrogen and oxygen atoms in total. The molecule has 80 valence electrons.